The van der Waals surface area contributed by atoms with Crippen molar-refractivity contribution in [2.45, 2.75) is 0 Å². The molecule has 1 aliphatic heterocycles. The van der Waals surface area contributed by atoms with E-state index in [1.807, 2.05) is 18.2 Å². The Morgan fingerprint density at radius 2 is 1.84 bits per heavy atom. The predicted molar refractivity (Wildman–Crippen MR) is 127 cm³/mol. The van der Waals surface area contributed by atoms with Crippen LogP contribution in [0.5, 0.6) is 11.5 Å². The molecule has 0 aliphatic carbocycles. The van der Waals surface area contributed by atoms with E-state index in [1.165, 1.54) is 0 Å². The van der Waals surface area contributed by atoms with Crippen molar-refractivity contribution in [3.63, 3.8) is 0 Å². The van der Waals surface area contributed by atoms with Gasteiger partial charge in [0.15, 0.2) is 11.5 Å². The van der Waals surface area contributed by atoms with Gasteiger partial charge in [0, 0.05) is 37.6 Å². The normalized spacial score (nSPS) is 15.4. The molecule has 1 aliphatic rings. The van der Waals surface area contributed by atoms with Gasteiger partial charge in [-0.05, 0) is 42.0 Å². The molecular weight excluding hydrogens is 450 g/mol. The van der Waals surface area contributed by atoms with Crippen LogP contribution in [0.2, 0.25) is 0 Å². The molecule has 0 radical (unpaired) electrons. The highest BCUT2D eigenvalue weighted by Gasteiger charge is 2.19. The van der Waals surface area contributed by atoms with Crippen LogP contribution in [-0.2, 0) is 14.3 Å². The smallest absolute Gasteiger partial charge is 0.264 e. The van der Waals surface area contributed by atoms with Gasteiger partial charge in [-0.25, -0.2) is 0 Å². The number of nitriles is 1. The maximum absolute atomic E-state index is 11.1. The monoisotopic (exact) mass is 477 g/mol. The molecule has 10 heteroatoms. The summed E-state index contributed by atoms with van der Waals surface area (Å²) in [7, 11) is -0.244. The summed E-state index contributed by atoms with van der Waals surface area (Å²) in [5.41, 5.74) is 1.32. The van der Waals surface area contributed by atoms with Crippen molar-refractivity contribution in [1.82, 2.24) is 4.90 Å². The number of thiophene rings is 1. The van der Waals surface area contributed by atoms with Crippen LogP contribution in [0.25, 0.3) is 11.6 Å². The van der Waals surface area contributed by atoms with E-state index in [4.69, 9.17) is 13.7 Å². The minimum absolute atomic E-state index is 0.180. The molecule has 0 saturated carbocycles. The quantitative estimate of drug-likeness (QED) is 0.402. The number of hydrogen-bond acceptors (Lipinski definition) is 9. The van der Waals surface area contributed by atoms with Gasteiger partial charge >= 0.3 is 0 Å². The van der Waals surface area contributed by atoms with Crippen molar-refractivity contribution < 1.29 is 22.1 Å². The molecular formula is C22H27N3O5S2. The Morgan fingerprint density at radius 3 is 2.47 bits per heavy atom. The van der Waals surface area contributed by atoms with Crippen LogP contribution < -0.4 is 14.4 Å². The molecule has 0 atom stereocenters. The number of allylic oxidation sites excluding steroid dienone is 1. The third-order valence-corrected chi connectivity index (χ3v) is 6.79. The number of piperazine rings is 1. The standard InChI is InChI=1S/C22H27N3O5S2/c1-28-20-6-4-17(15-21(20)29-2)18(16-23)14-19-5-7-22(31-19)25-10-8-24(9-11-25)12-13-30-32(3,26)27/h4-7,14-15H,8-13H2,1-3H3. The lowest BCUT2D eigenvalue weighted by Crippen LogP contribution is -2.47. The van der Waals surface area contributed by atoms with Crippen LogP contribution >= 0.6 is 11.3 Å². The van der Waals surface area contributed by atoms with Crippen molar-refractivity contribution in [2.75, 3.05) is 64.7 Å². The second-order valence-electron chi connectivity index (χ2n) is 7.27. The molecule has 172 valence electrons. The van der Waals surface area contributed by atoms with E-state index in [0.29, 0.717) is 23.6 Å². The lowest BCUT2D eigenvalue weighted by atomic mass is 10.1. The molecule has 3 rings (SSSR count). The highest BCUT2D eigenvalue weighted by Crippen LogP contribution is 2.33. The Balaban J connectivity index is 1.63. The van der Waals surface area contributed by atoms with Crippen LogP contribution in [0.1, 0.15) is 10.4 Å². The van der Waals surface area contributed by atoms with Crippen molar-refractivity contribution in [3.05, 3.63) is 40.8 Å². The van der Waals surface area contributed by atoms with Crippen molar-refractivity contribution in [1.29, 1.82) is 5.26 Å². The van der Waals surface area contributed by atoms with E-state index in [9.17, 15) is 13.7 Å². The minimum atomic E-state index is -3.39. The molecule has 1 saturated heterocycles. The summed E-state index contributed by atoms with van der Waals surface area (Å²) in [5.74, 6) is 1.20. The molecule has 1 aromatic heterocycles. The van der Waals surface area contributed by atoms with Gasteiger partial charge in [0.1, 0.15) is 0 Å². The molecule has 0 spiro atoms. The minimum Gasteiger partial charge on any atom is -0.493 e. The lowest BCUT2D eigenvalue weighted by Gasteiger charge is -2.35. The van der Waals surface area contributed by atoms with Gasteiger partial charge in [-0.15, -0.1) is 11.3 Å². The van der Waals surface area contributed by atoms with Gasteiger partial charge in [-0.2, -0.15) is 13.7 Å². The van der Waals surface area contributed by atoms with Gasteiger partial charge in [0.05, 0.1) is 43.7 Å². The fourth-order valence-corrected chi connectivity index (χ4v) is 4.80. The Labute approximate surface area is 193 Å². The Hall–Kier alpha value is -2.58. The maximum Gasteiger partial charge on any atom is 0.264 e. The summed E-state index contributed by atoms with van der Waals surface area (Å²) >= 11 is 1.64. The van der Waals surface area contributed by atoms with Crippen LogP contribution in [0.15, 0.2) is 30.3 Å². The molecule has 0 N–H and O–H groups in total. The molecule has 0 amide bonds. The molecule has 2 heterocycles. The number of hydrogen-bond donors (Lipinski definition) is 0. The third kappa shape index (κ3) is 6.46. The van der Waals surface area contributed by atoms with Crippen LogP contribution in [0, 0.1) is 11.3 Å². The number of methoxy groups -OCH3 is 2. The highest BCUT2D eigenvalue weighted by atomic mass is 32.2. The van der Waals surface area contributed by atoms with Crippen LogP contribution in [0.3, 0.4) is 0 Å². The van der Waals surface area contributed by atoms with E-state index < -0.39 is 10.1 Å². The second-order valence-corrected chi connectivity index (χ2v) is 10.0. The van der Waals surface area contributed by atoms with Crippen molar-refractivity contribution >= 4 is 38.1 Å². The predicted octanol–water partition coefficient (Wildman–Crippen LogP) is 2.93. The molecule has 32 heavy (non-hydrogen) atoms. The summed E-state index contributed by atoms with van der Waals surface area (Å²) < 4.78 is 37.6. The third-order valence-electron chi connectivity index (χ3n) is 5.10. The average Bonchev–Trinajstić information content (AvgIpc) is 3.25. The first-order chi connectivity index (χ1) is 15.3. The molecule has 8 nitrogen and oxygen atoms in total. The maximum atomic E-state index is 11.1. The Kier molecular flexibility index (Phi) is 8.15. The van der Waals surface area contributed by atoms with Gasteiger partial charge in [-0.3, -0.25) is 9.08 Å². The van der Waals surface area contributed by atoms with Gasteiger partial charge in [-0.1, -0.05) is 0 Å². The zero-order valence-corrected chi connectivity index (χ0v) is 20.0. The van der Waals surface area contributed by atoms with E-state index >= 15 is 0 Å². The van der Waals surface area contributed by atoms with Crippen LogP contribution in [0.4, 0.5) is 5.00 Å². The first-order valence-corrected chi connectivity index (χ1v) is 12.7. The second kappa shape index (κ2) is 10.8. The fourth-order valence-electron chi connectivity index (χ4n) is 3.43. The Bertz CT molecular complexity index is 1100. The topological polar surface area (TPSA) is 92.1 Å². The average molecular weight is 478 g/mol. The largest absolute Gasteiger partial charge is 0.493 e. The van der Waals surface area contributed by atoms with E-state index in [2.05, 4.69) is 21.9 Å². The van der Waals surface area contributed by atoms with E-state index in [1.54, 1.807) is 37.7 Å². The Morgan fingerprint density at radius 1 is 1.12 bits per heavy atom. The summed E-state index contributed by atoms with van der Waals surface area (Å²) in [6.45, 7) is 4.15. The van der Waals surface area contributed by atoms with Gasteiger partial charge in [0.2, 0.25) is 0 Å². The number of benzene rings is 1. The van der Waals surface area contributed by atoms with Gasteiger partial charge in [0.25, 0.3) is 10.1 Å². The molecule has 0 unspecified atom stereocenters. The SMILES string of the molecule is COc1ccc(C(C#N)=Cc2ccc(N3CCN(CCOS(C)(=O)=O)CC3)s2)cc1OC. The molecule has 2 aromatic rings. The summed E-state index contributed by atoms with van der Waals surface area (Å²) in [5, 5.41) is 10.8. The summed E-state index contributed by atoms with van der Waals surface area (Å²) in [6.07, 6.45) is 2.95. The van der Waals surface area contributed by atoms with Gasteiger partial charge < -0.3 is 14.4 Å². The van der Waals surface area contributed by atoms with E-state index in [-0.39, 0.29) is 6.61 Å². The molecule has 1 fully saturated rings. The van der Waals surface area contributed by atoms with Crippen molar-refractivity contribution in [3.8, 4) is 17.6 Å². The highest BCUT2D eigenvalue weighted by molar-refractivity contribution is 7.85. The zero-order chi connectivity index (χ0) is 23.1. The zero-order valence-electron chi connectivity index (χ0n) is 18.4. The fraction of sp³-hybridized carbons (Fsp3) is 0.409. The summed E-state index contributed by atoms with van der Waals surface area (Å²) in [4.78, 5) is 5.50. The molecule has 1 aromatic carbocycles. The first kappa shape index (κ1) is 24.1. The lowest BCUT2D eigenvalue weighted by molar-refractivity contribution is 0.205. The first-order valence-electron chi connectivity index (χ1n) is 10.1. The number of rotatable bonds is 9. The number of nitrogens with zero attached hydrogens (tertiary/aromatic N) is 3. The van der Waals surface area contributed by atoms with Crippen molar-refractivity contribution in [2.24, 2.45) is 0 Å². The number of anilines is 1. The van der Waals surface area contributed by atoms with Crippen LogP contribution in [-0.4, -0.2) is 73.1 Å². The van der Waals surface area contributed by atoms with E-state index in [0.717, 1.165) is 47.9 Å². The summed E-state index contributed by atoms with van der Waals surface area (Å²) in [6, 6.07) is 11.8. The number of ether oxygens (including phenoxy) is 2. The molecule has 0 bridgehead atoms.